The minimum atomic E-state index is 0.0747. The lowest BCUT2D eigenvalue weighted by molar-refractivity contribution is -0.0308. The van der Waals surface area contributed by atoms with Crippen LogP contribution in [0.2, 0.25) is 0 Å². The molecular weight excluding hydrogens is 192 g/mol. The van der Waals surface area contributed by atoms with Gasteiger partial charge in [-0.05, 0) is 6.42 Å². The second-order valence-electron chi connectivity index (χ2n) is 3.80. The van der Waals surface area contributed by atoms with Gasteiger partial charge in [-0.25, -0.2) is 0 Å². The van der Waals surface area contributed by atoms with E-state index < -0.39 is 0 Å². The number of unbranched alkanes of at least 4 members (excludes halogenated alkanes) is 4. The van der Waals surface area contributed by atoms with E-state index in [2.05, 4.69) is 6.92 Å². The standard InChI is InChI=1S/C12H26O3/c1-4-5-6-7-8-9-15-11-12(14-3)10-13-2/h12H,4-11H2,1-3H3. The molecule has 0 aromatic carbocycles. The highest BCUT2D eigenvalue weighted by Crippen LogP contribution is 2.02. The third kappa shape index (κ3) is 10.2. The van der Waals surface area contributed by atoms with Gasteiger partial charge < -0.3 is 14.2 Å². The lowest BCUT2D eigenvalue weighted by Gasteiger charge is -2.14. The third-order valence-electron chi connectivity index (χ3n) is 2.38. The molecule has 0 aliphatic rings. The highest BCUT2D eigenvalue weighted by atomic mass is 16.5. The minimum absolute atomic E-state index is 0.0747. The molecule has 1 atom stereocenters. The maximum atomic E-state index is 5.51. The molecule has 0 amide bonds. The van der Waals surface area contributed by atoms with Crippen molar-refractivity contribution < 1.29 is 14.2 Å². The van der Waals surface area contributed by atoms with E-state index in [9.17, 15) is 0 Å². The summed E-state index contributed by atoms with van der Waals surface area (Å²) in [4.78, 5) is 0. The van der Waals surface area contributed by atoms with Crippen molar-refractivity contribution in [3.8, 4) is 0 Å². The van der Waals surface area contributed by atoms with Gasteiger partial charge in [-0.15, -0.1) is 0 Å². The van der Waals surface area contributed by atoms with E-state index in [1.54, 1.807) is 14.2 Å². The lowest BCUT2D eigenvalue weighted by atomic mass is 10.2. The van der Waals surface area contributed by atoms with Crippen LogP contribution in [0.4, 0.5) is 0 Å². The van der Waals surface area contributed by atoms with Crippen molar-refractivity contribution in [2.75, 3.05) is 34.0 Å². The predicted octanol–water partition coefficient (Wildman–Crippen LogP) is 2.63. The Kier molecular flexibility index (Phi) is 11.9. The molecule has 0 aliphatic carbocycles. The van der Waals surface area contributed by atoms with Crippen LogP contribution in [0.1, 0.15) is 39.0 Å². The fraction of sp³-hybridized carbons (Fsp3) is 1.00. The van der Waals surface area contributed by atoms with Crippen LogP contribution in [0.25, 0.3) is 0 Å². The molecule has 0 saturated heterocycles. The molecule has 0 bridgehead atoms. The van der Waals surface area contributed by atoms with E-state index in [0.717, 1.165) is 13.0 Å². The van der Waals surface area contributed by atoms with Gasteiger partial charge in [-0.3, -0.25) is 0 Å². The fourth-order valence-electron chi connectivity index (χ4n) is 1.39. The van der Waals surface area contributed by atoms with E-state index >= 15 is 0 Å². The lowest BCUT2D eigenvalue weighted by Crippen LogP contribution is -2.23. The molecule has 0 aliphatic heterocycles. The van der Waals surface area contributed by atoms with Gasteiger partial charge in [0.15, 0.2) is 0 Å². The van der Waals surface area contributed by atoms with Gasteiger partial charge in [-0.2, -0.15) is 0 Å². The smallest absolute Gasteiger partial charge is 0.104 e. The molecule has 92 valence electrons. The summed E-state index contributed by atoms with van der Waals surface area (Å²) in [5.41, 5.74) is 0. The van der Waals surface area contributed by atoms with Crippen LogP contribution in [0.3, 0.4) is 0 Å². The van der Waals surface area contributed by atoms with Crippen LogP contribution in [-0.2, 0) is 14.2 Å². The fourth-order valence-corrected chi connectivity index (χ4v) is 1.39. The molecule has 0 heterocycles. The van der Waals surface area contributed by atoms with E-state index in [-0.39, 0.29) is 6.10 Å². The molecule has 3 heteroatoms. The van der Waals surface area contributed by atoms with Crippen LogP contribution in [0, 0.1) is 0 Å². The molecule has 0 saturated carbocycles. The molecule has 0 spiro atoms. The molecular formula is C12H26O3. The second-order valence-corrected chi connectivity index (χ2v) is 3.80. The van der Waals surface area contributed by atoms with Crippen LogP contribution < -0.4 is 0 Å². The first-order chi connectivity index (χ1) is 7.35. The van der Waals surface area contributed by atoms with Gasteiger partial charge in [0.2, 0.25) is 0 Å². The Morgan fingerprint density at radius 3 is 2.27 bits per heavy atom. The Balaban J connectivity index is 3.14. The van der Waals surface area contributed by atoms with Crippen molar-refractivity contribution in [2.45, 2.75) is 45.1 Å². The van der Waals surface area contributed by atoms with Crippen molar-refractivity contribution >= 4 is 0 Å². The summed E-state index contributed by atoms with van der Waals surface area (Å²) in [5, 5.41) is 0. The van der Waals surface area contributed by atoms with E-state index in [0.29, 0.717) is 13.2 Å². The van der Waals surface area contributed by atoms with Crippen LogP contribution in [0.15, 0.2) is 0 Å². The number of hydrogen-bond acceptors (Lipinski definition) is 3. The van der Waals surface area contributed by atoms with Gasteiger partial charge in [0.05, 0.1) is 13.2 Å². The number of hydrogen-bond donors (Lipinski definition) is 0. The van der Waals surface area contributed by atoms with Crippen molar-refractivity contribution in [1.82, 2.24) is 0 Å². The van der Waals surface area contributed by atoms with E-state index in [4.69, 9.17) is 14.2 Å². The number of ether oxygens (including phenoxy) is 3. The number of rotatable bonds is 11. The molecule has 0 aromatic rings. The first kappa shape index (κ1) is 14.9. The van der Waals surface area contributed by atoms with Crippen LogP contribution in [-0.4, -0.2) is 40.1 Å². The summed E-state index contributed by atoms with van der Waals surface area (Å²) in [6, 6.07) is 0. The zero-order chi connectivity index (χ0) is 11.4. The Morgan fingerprint density at radius 2 is 1.67 bits per heavy atom. The molecule has 1 unspecified atom stereocenters. The van der Waals surface area contributed by atoms with Gasteiger partial charge in [0.1, 0.15) is 6.10 Å². The average molecular weight is 218 g/mol. The van der Waals surface area contributed by atoms with Crippen molar-refractivity contribution in [1.29, 1.82) is 0 Å². The average Bonchev–Trinajstić information content (AvgIpc) is 2.26. The van der Waals surface area contributed by atoms with Crippen molar-refractivity contribution in [3.63, 3.8) is 0 Å². The van der Waals surface area contributed by atoms with Crippen molar-refractivity contribution in [2.24, 2.45) is 0 Å². The van der Waals surface area contributed by atoms with Gasteiger partial charge in [-0.1, -0.05) is 32.6 Å². The SMILES string of the molecule is CCCCCCCOCC(COC)OC. The monoisotopic (exact) mass is 218 g/mol. The predicted molar refractivity (Wildman–Crippen MR) is 62.3 cm³/mol. The molecule has 0 rings (SSSR count). The highest BCUT2D eigenvalue weighted by molar-refractivity contribution is 4.53. The Labute approximate surface area is 94.1 Å². The normalized spacial score (nSPS) is 13.0. The van der Waals surface area contributed by atoms with E-state index in [1.165, 1.54) is 25.7 Å². The van der Waals surface area contributed by atoms with E-state index in [1.807, 2.05) is 0 Å². The van der Waals surface area contributed by atoms with Gasteiger partial charge >= 0.3 is 0 Å². The quantitative estimate of drug-likeness (QED) is 0.499. The topological polar surface area (TPSA) is 27.7 Å². The molecule has 0 radical (unpaired) electrons. The Hall–Kier alpha value is -0.120. The molecule has 0 aromatic heterocycles. The molecule has 15 heavy (non-hydrogen) atoms. The highest BCUT2D eigenvalue weighted by Gasteiger charge is 2.05. The summed E-state index contributed by atoms with van der Waals surface area (Å²) < 4.78 is 15.7. The van der Waals surface area contributed by atoms with Gasteiger partial charge in [0, 0.05) is 20.8 Å². The maximum absolute atomic E-state index is 5.51. The molecule has 0 fully saturated rings. The maximum Gasteiger partial charge on any atom is 0.104 e. The largest absolute Gasteiger partial charge is 0.382 e. The summed E-state index contributed by atoms with van der Waals surface area (Å²) in [6.07, 6.45) is 6.46. The third-order valence-corrected chi connectivity index (χ3v) is 2.38. The minimum Gasteiger partial charge on any atom is -0.382 e. The van der Waals surface area contributed by atoms with Crippen LogP contribution in [0.5, 0.6) is 0 Å². The zero-order valence-corrected chi connectivity index (χ0v) is 10.5. The first-order valence-electron chi connectivity index (χ1n) is 5.94. The second kappa shape index (κ2) is 12.0. The zero-order valence-electron chi connectivity index (χ0n) is 10.5. The Morgan fingerprint density at radius 1 is 0.933 bits per heavy atom. The molecule has 0 N–H and O–H groups in total. The Bertz CT molecular complexity index is 117. The summed E-state index contributed by atoms with van der Waals surface area (Å²) in [5.74, 6) is 0. The first-order valence-corrected chi connectivity index (χ1v) is 5.94. The number of methoxy groups -OCH3 is 2. The summed E-state index contributed by atoms with van der Waals surface area (Å²) >= 11 is 0. The van der Waals surface area contributed by atoms with Gasteiger partial charge in [0.25, 0.3) is 0 Å². The van der Waals surface area contributed by atoms with Crippen LogP contribution >= 0.6 is 0 Å². The molecule has 3 nitrogen and oxygen atoms in total. The summed E-state index contributed by atoms with van der Waals surface area (Å²) in [6.45, 7) is 4.31. The summed E-state index contributed by atoms with van der Waals surface area (Å²) in [7, 11) is 3.37. The van der Waals surface area contributed by atoms with Crippen molar-refractivity contribution in [3.05, 3.63) is 0 Å².